The molecule has 1 fully saturated rings. The fourth-order valence-corrected chi connectivity index (χ4v) is 2.36. The van der Waals surface area contributed by atoms with Gasteiger partial charge in [0, 0.05) is 6.08 Å². The van der Waals surface area contributed by atoms with E-state index in [1.165, 1.54) is 44.6 Å². The third kappa shape index (κ3) is 3.69. The van der Waals surface area contributed by atoms with Crippen molar-refractivity contribution in [2.75, 3.05) is 0 Å². The predicted molar refractivity (Wildman–Crippen MR) is 61.6 cm³/mol. The summed E-state index contributed by atoms with van der Waals surface area (Å²) in [5.74, 6) is 0.202. The maximum absolute atomic E-state index is 11.2. The van der Waals surface area contributed by atoms with E-state index in [0.29, 0.717) is 5.92 Å². The molecule has 0 aromatic heterocycles. The van der Waals surface area contributed by atoms with Crippen LogP contribution >= 0.6 is 0 Å². The summed E-state index contributed by atoms with van der Waals surface area (Å²) < 4.78 is 5.43. The van der Waals surface area contributed by atoms with Gasteiger partial charge in [0.1, 0.15) is 5.60 Å². The zero-order valence-electron chi connectivity index (χ0n) is 9.92. The van der Waals surface area contributed by atoms with Crippen molar-refractivity contribution in [2.45, 2.75) is 58.0 Å². The van der Waals surface area contributed by atoms with Crippen LogP contribution in [0.5, 0.6) is 0 Å². The maximum atomic E-state index is 11.2. The van der Waals surface area contributed by atoms with Crippen LogP contribution in [0.15, 0.2) is 12.7 Å². The molecule has 2 nitrogen and oxygen atoms in total. The minimum absolute atomic E-state index is 0.302. The third-order valence-corrected chi connectivity index (χ3v) is 3.37. The average Bonchev–Trinajstić information content (AvgIpc) is 2.45. The van der Waals surface area contributed by atoms with Gasteiger partial charge >= 0.3 is 5.97 Å². The second kappa shape index (κ2) is 5.34. The highest BCUT2D eigenvalue weighted by Crippen LogP contribution is 2.33. The highest BCUT2D eigenvalue weighted by molar-refractivity contribution is 5.81. The van der Waals surface area contributed by atoms with Gasteiger partial charge in [0.25, 0.3) is 0 Å². The van der Waals surface area contributed by atoms with E-state index in [0.717, 1.165) is 0 Å². The molecule has 1 saturated carbocycles. The van der Waals surface area contributed by atoms with E-state index in [1.54, 1.807) is 0 Å². The number of hydrogen-bond donors (Lipinski definition) is 0. The molecule has 0 aliphatic heterocycles. The Morgan fingerprint density at radius 2 is 1.80 bits per heavy atom. The topological polar surface area (TPSA) is 26.3 Å². The van der Waals surface area contributed by atoms with Crippen LogP contribution in [-0.2, 0) is 9.53 Å². The molecule has 1 aliphatic rings. The zero-order chi connectivity index (χ0) is 11.3. The highest BCUT2D eigenvalue weighted by Gasteiger charge is 2.32. The van der Waals surface area contributed by atoms with Crippen LogP contribution in [-0.4, -0.2) is 11.6 Å². The molecule has 0 unspecified atom stereocenters. The Labute approximate surface area is 92.7 Å². The summed E-state index contributed by atoms with van der Waals surface area (Å²) in [4.78, 5) is 11.2. The van der Waals surface area contributed by atoms with Crippen molar-refractivity contribution in [1.82, 2.24) is 0 Å². The lowest BCUT2D eigenvalue weighted by Gasteiger charge is -2.33. The first-order valence-corrected chi connectivity index (χ1v) is 5.91. The van der Waals surface area contributed by atoms with E-state index >= 15 is 0 Å². The molecule has 0 heterocycles. The van der Waals surface area contributed by atoms with Gasteiger partial charge in [-0.25, -0.2) is 4.79 Å². The second-order valence-corrected chi connectivity index (χ2v) is 4.92. The van der Waals surface area contributed by atoms with Crippen LogP contribution in [0.25, 0.3) is 0 Å². The monoisotopic (exact) mass is 210 g/mol. The first kappa shape index (κ1) is 12.3. The van der Waals surface area contributed by atoms with Gasteiger partial charge in [0.05, 0.1) is 0 Å². The standard InChI is InChI=1S/C13H22O2/c1-4-12(14)15-13(2,3)11-9-7-5-6-8-10-11/h4,11H,1,5-10H2,2-3H3. The lowest BCUT2D eigenvalue weighted by atomic mass is 9.84. The van der Waals surface area contributed by atoms with Crippen LogP contribution in [0.4, 0.5) is 0 Å². The normalized spacial score (nSPS) is 19.3. The summed E-state index contributed by atoms with van der Waals surface area (Å²) in [5.41, 5.74) is -0.338. The molecule has 0 N–H and O–H groups in total. The van der Waals surface area contributed by atoms with Crippen molar-refractivity contribution in [3.8, 4) is 0 Å². The molecule has 0 bridgehead atoms. The molecular weight excluding hydrogens is 188 g/mol. The van der Waals surface area contributed by atoms with Gasteiger partial charge in [-0.15, -0.1) is 0 Å². The van der Waals surface area contributed by atoms with Crippen molar-refractivity contribution >= 4 is 5.97 Å². The van der Waals surface area contributed by atoms with Gasteiger partial charge in [-0.1, -0.05) is 32.3 Å². The van der Waals surface area contributed by atoms with Crippen LogP contribution in [0.3, 0.4) is 0 Å². The Hall–Kier alpha value is -0.790. The molecule has 0 radical (unpaired) electrons. The molecule has 1 aliphatic carbocycles. The minimum Gasteiger partial charge on any atom is -0.456 e. The summed E-state index contributed by atoms with van der Waals surface area (Å²) in [7, 11) is 0. The smallest absolute Gasteiger partial charge is 0.330 e. The Balaban J connectivity index is 2.57. The molecule has 0 aromatic rings. The Kier molecular flexibility index (Phi) is 4.37. The first-order valence-electron chi connectivity index (χ1n) is 5.91. The second-order valence-electron chi connectivity index (χ2n) is 4.92. The first-order chi connectivity index (χ1) is 7.06. The van der Waals surface area contributed by atoms with Crippen LogP contribution < -0.4 is 0 Å². The Bertz CT molecular complexity index is 223. The van der Waals surface area contributed by atoms with Crippen LogP contribution in [0.2, 0.25) is 0 Å². The average molecular weight is 210 g/mol. The summed E-state index contributed by atoms with van der Waals surface area (Å²) in [6.07, 6.45) is 8.77. The van der Waals surface area contributed by atoms with Gasteiger partial charge < -0.3 is 4.74 Å². The fourth-order valence-electron chi connectivity index (χ4n) is 2.36. The molecule has 0 spiro atoms. The number of rotatable bonds is 3. The molecule has 0 amide bonds. The molecule has 0 saturated heterocycles. The minimum atomic E-state index is -0.338. The molecule has 86 valence electrons. The highest BCUT2D eigenvalue weighted by atomic mass is 16.6. The predicted octanol–water partition coefficient (Wildman–Crippen LogP) is 3.46. The molecule has 0 aromatic carbocycles. The van der Waals surface area contributed by atoms with Crippen LogP contribution in [0, 0.1) is 5.92 Å². The van der Waals surface area contributed by atoms with Crippen LogP contribution in [0.1, 0.15) is 52.4 Å². The van der Waals surface area contributed by atoms with Crippen molar-refractivity contribution in [3.05, 3.63) is 12.7 Å². The molecular formula is C13H22O2. The summed E-state index contributed by atoms with van der Waals surface area (Å²) in [5, 5.41) is 0. The van der Waals surface area contributed by atoms with Crippen molar-refractivity contribution < 1.29 is 9.53 Å². The van der Waals surface area contributed by atoms with E-state index in [4.69, 9.17) is 4.74 Å². The number of esters is 1. The Morgan fingerprint density at radius 1 is 1.27 bits per heavy atom. The summed E-state index contributed by atoms with van der Waals surface area (Å²) in [6.45, 7) is 7.47. The molecule has 2 heteroatoms. The SMILES string of the molecule is C=CC(=O)OC(C)(C)C1CCCCCC1. The van der Waals surface area contributed by atoms with Crippen molar-refractivity contribution in [2.24, 2.45) is 5.92 Å². The number of hydrogen-bond acceptors (Lipinski definition) is 2. The quantitative estimate of drug-likeness (QED) is 0.405. The summed E-state index contributed by atoms with van der Waals surface area (Å²) >= 11 is 0. The maximum Gasteiger partial charge on any atom is 0.330 e. The molecule has 15 heavy (non-hydrogen) atoms. The third-order valence-electron chi connectivity index (χ3n) is 3.37. The largest absolute Gasteiger partial charge is 0.456 e. The van der Waals surface area contributed by atoms with Crippen molar-refractivity contribution in [3.63, 3.8) is 0 Å². The van der Waals surface area contributed by atoms with Gasteiger partial charge in [0.15, 0.2) is 0 Å². The van der Waals surface area contributed by atoms with Gasteiger partial charge in [-0.3, -0.25) is 0 Å². The van der Waals surface area contributed by atoms with Gasteiger partial charge in [-0.2, -0.15) is 0 Å². The van der Waals surface area contributed by atoms with E-state index < -0.39 is 0 Å². The zero-order valence-corrected chi connectivity index (χ0v) is 9.92. The summed E-state index contributed by atoms with van der Waals surface area (Å²) in [6, 6.07) is 0. The lowest BCUT2D eigenvalue weighted by Crippen LogP contribution is -2.36. The fraction of sp³-hybridized carbons (Fsp3) is 0.769. The van der Waals surface area contributed by atoms with E-state index in [-0.39, 0.29) is 11.6 Å². The van der Waals surface area contributed by atoms with Gasteiger partial charge in [-0.05, 0) is 32.6 Å². The van der Waals surface area contributed by atoms with E-state index in [1.807, 2.05) is 13.8 Å². The Morgan fingerprint density at radius 3 is 2.27 bits per heavy atom. The van der Waals surface area contributed by atoms with E-state index in [2.05, 4.69) is 6.58 Å². The van der Waals surface area contributed by atoms with Gasteiger partial charge in [0.2, 0.25) is 0 Å². The molecule has 1 rings (SSSR count). The molecule has 0 atom stereocenters. The lowest BCUT2D eigenvalue weighted by molar-refractivity contribution is -0.155. The van der Waals surface area contributed by atoms with Crippen molar-refractivity contribution in [1.29, 1.82) is 0 Å². The number of carbonyl (C=O) groups is 1. The van der Waals surface area contributed by atoms with E-state index in [9.17, 15) is 4.79 Å². The number of ether oxygens (including phenoxy) is 1. The number of carbonyl (C=O) groups excluding carboxylic acids is 1.